The van der Waals surface area contributed by atoms with Crippen molar-refractivity contribution < 1.29 is 4.42 Å². The van der Waals surface area contributed by atoms with E-state index >= 15 is 0 Å². The van der Waals surface area contributed by atoms with E-state index in [0.29, 0.717) is 0 Å². The minimum Gasteiger partial charge on any atom is -0.455 e. The lowest BCUT2D eigenvalue weighted by atomic mass is 9.54. The van der Waals surface area contributed by atoms with Gasteiger partial charge in [0.25, 0.3) is 0 Å². The van der Waals surface area contributed by atoms with Crippen molar-refractivity contribution in [2.45, 2.75) is 50.9 Å². The molecular weight excluding hydrogens is 800 g/mol. The fraction of sp³-hybridized carbons (Fsp3) is 0.129. The standard InChI is InChI=1S/C62H46BN2O/c1-60(2,3)36-29-31-37(32-30-36)64-50-34-33-42-40-19-6-10-21-44(40)61(4,5)56(42)54(50)55-57-52(35-43-41-20-9-15-28-53(41)66-59(43)55)65-51-27-14-13-24-47(51)62(48-25-16-26-49(63-57)58(48)65)45-22-11-7-17-38(45)39-18-8-12-23-46(39)62/h6-35,64H,1-5H3. The average Bonchev–Trinajstić information content (AvgIpc) is 3.93. The predicted octanol–water partition coefficient (Wildman–Crippen LogP) is 14.7. The molecule has 1 radical (unpaired) electrons. The van der Waals surface area contributed by atoms with Gasteiger partial charge in [-0.05, 0) is 108 Å². The van der Waals surface area contributed by atoms with Gasteiger partial charge in [-0.15, -0.1) is 0 Å². The molecule has 3 nitrogen and oxygen atoms in total. The van der Waals surface area contributed by atoms with Crippen molar-refractivity contribution in [1.29, 1.82) is 0 Å². The molecule has 1 N–H and O–H groups in total. The zero-order chi connectivity index (χ0) is 44.3. The Balaban J connectivity index is 1.10. The highest BCUT2D eigenvalue weighted by atomic mass is 16.3. The van der Waals surface area contributed by atoms with Gasteiger partial charge >= 0.3 is 0 Å². The van der Waals surface area contributed by atoms with E-state index in [1.807, 2.05) is 0 Å². The van der Waals surface area contributed by atoms with Crippen molar-refractivity contribution in [2.75, 3.05) is 10.2 Å². The van der Waals surface area contributed by atoms with Crippen LogP contribution in [0.4, 0.5) is 28.4 Å². The summed E-state index contributed by atoms with van der Waals surface area (Å²) in [4.78, 5) is 2.59. The smallest absolute Gasteiger partial charge is 0.198 e. The van der Waals surface area contributed by atoms with Crippen LogP contribution in [-0.2, 0) is 16.2 Å². The first-order chi connectivity index (χ1) is 32.1. The monoisotopic (exact) mass is 845 g/mol. The molecule has 1 aromatic heterocycles. The van der Waals surface area contributed by atoms with Crippen molar-refractivity contribution in [3.63, 3.8) is 0 Å². The van der Waals surface area contributed by atoms with Gasteiger partial charge in [0.15, 0.2) is 7.28 Å². The number of para-hydroxylation sites is 3. The molecule has 9 aromatic carbocycles. The van der Waals surface area contributed by atoms with Crippen LogP contribution in [0.1, 0.15) is 73.6 Å². The average molecular weight is 846 g/mol. The first kappa shape index (κ1) is 37.8. The van der Waals surface area contributed by atoms with E-state index in [1.165, 1.54) is 83.6 Å². The molecule has 4 aliphatic rings. The Morgan fingerprint density at radius 1 is 0.530 bits per heavy atom. The van der Waals surface area contributed by atoms with Crippen molar-refractivity contribution in [3.8, 4) is 33.4 Å². The highest BCUT2D eigenvalue weighted by Crippen LogP contribution is 2.64. The molecule has 0 saturated carbocycles. The summed E-state index contributed by atoms with van der Waals surface area (Å²) < 4.78 is 7.22. The summed E-state index contributed by atoms with van der Waals surface area (Å²) in [5, 5.41) is 6.23. The topological polar surface area (TPSA) is 28.4 Å². The van der Waals surface area contributed by atoms with Gasteiger partial charge in [-0.25, -0.2) is 0 Å². The van der Waals surface area contributed by atoms with Crippen LogP contribution in [0.5, 0.6) is 0 Å². The molecule has 0 saturated heterocycles. The molecule has 0 unspecified atom stereocenters. The normalized spacial score (nSPS) is 15.1. The van der Waals surface area contributed by atoms with Gasteiger partial charge in [0, 0.05) is 50.1 Å². The maximum Gasteiger partial charge on any atom is 0.198 e. The van der Waals surface area contributed by atoms with Crippen LogP contribution >= 0.6 is 0 Å². The van der Waals surface area contributed by atoms with Crippen molar-refractivity contribution in [2.24, 2.45) is 0 Å². The third kappa shape index (κ3) is 4.78. The maximum absolute atomic E-state index is 7.22. The predicted molar refractivity (Wildman–Crippen MR) is 276 cm³/mol. The van der Waals surface area contributed by atoms with Crippen LogP contribution in [-0.4, -0.2) is 7.28 Å². The van der Waals surface area contributed by atoms with Crippen molar-refractivity contribution in [3.05, 3.63) is 221 Å². The molecule has 3 heterocycles. The number of furan rings is 1. The number of hydrogen-bond acceptors (Lipinski definition) is 3. The van der Waals surface area contributed by atoms with Gasteiger partial charge in [0.2, 0.25) is 0 Å². The molecule has 2 aliphatic heterocycles. The Morgan fingerprint density at radius 3 is 1.88 bits per heavy atom. The SMILES string of the molecule is CC(C)(C)c1ccc(Nc2ccc3c(c2-c2c4c(cc5c2oc2ccccc25)N2c5ccccc5C5(c6ccccc6-c6ccccc65)c5cccc(c52)[B]4)C(C)(C)c2ccccc2-3)cc1. The lowest BCUT2D eigenvalue weighted by Crippen LogP contribution is -2.47. The van der Waals surface area contributed by atoms with E-state index in [0.717, 1.165) is 50.0 Å². The molecule has 313 valence electrons. The number of fused-ring (bicyclic) bond motifs is 17. The molecule has 0 atom stereocenters. The Hall–Kier alpha value is -7.56. The van der Waals surface area contributed by atoms with Gasteiger partial charge in [0.1, 0.15) is 11.2 Å². The number of benzene rings is 9. The minimum absolute atomic E-state index is 0.0479. The lowest BCUT2D eigenvalue weighted by molar-refractivity contribution is 0.590. The van der Waals surface area contributed by atoms with Gasteiger partial charge in [-0.1, -0.05) is 186 Å². The molecule has 0 amide bonds. The summed E-state index contributed by atoms with van der Waals surface area (Å²) in [5.74, 6) is 0. The number of anilines is 5. The molecule has 0 fully saturated rings. The lowest BCUT2D eigenvalue weighted by Gasteiger charge is -2.48. The minimum atomic E-state index is -0.498. The van der Waals surface area contributed by atoms with E-state index in [1.54, 1.807) is 0 Å². The fourth-order valence-electron chi connectivity index (χ4n) is 12.6. The third-order valence-electron chi connectivity index (χ3n) is 15.4. The van der Waals surface area contributed by atoms with Gasteiger partial charge in [-0.3, -0.25) is 0 Å². The summed E-state index contributed by atoms with van der Waals surface area (Å²) in [7, 11) is 2.47. The van der Waals surface area contributed by atoms with Crippen molar-refractivity contribution >= 4 is 68.6 Å². The maximum atomic E-state index is 7.22. The van der Waals surface area contributed by atoms with Crippen LogP contribution in [0.25, 0.3) is 55.3 Å². The van der Waals surface area contributed by atoms with Crippen LogP contribution in [0, 0.1) is 0 Å². The Labute approximate surface area is 386 Å². The Kier molecular flexibility index (Phi) is 7.47. The van der Waals surface area contributed by atoms with Gasteiger partial charge in [-0.2, -0.15) is 0 Å². The van der Waals surface area contributed by atoms with E-state index in [9.17, 15) is 0 Å². The third-order valence-corrected chi connectivity index (χ3v) is 15.4. The second-order valence-corrected chi connectivity index (χ2v) is 20.3. The van der Waals surface area contributed by atoms with Crippen LogP contribution in [0.2, 0.25) is 0 Å². The number of rotatable bonds is 3. The molecule has 14 rings (SSSR count). The van der Waals surface area contributed by atoms with E-state index in [2.05, 4.69) is 234 Å². The van der Waals surface area contributed by atoms with Crippen LogP contribution in [0.3, 0.4) is 0 Å². The summed E-state index contributed by atoms with van der Waals surface area (Å²) in [6.07, 6.45) is 0. The van der Waals surface area contributed by atoms with E-state index in [4.69, 9.17) is 4.42 Å². The second-order valence-electron chi connectivity index (χ2n) is 20.3. The zero-order valence-electron chi connectivity index (χ0n) is 37.8. The Morgan fingerprint density at radius 2 is 1.15 bits per heavy atom. The number of nitrogens with zero attached hydrogens (tertiary/aromatic N) is 1. The highest BCUT2D eigenvalue weighted by molar-refractivity contribution is 6.74. The van der Waals surface area contributed by atoms with E-state index < -0.39 is 5.41 Å². The molecular formula is C62H46BN2O. The summed E-state index contributed by atoms with van der Waals surface area (Å²) in [6.45, 7) is 11.6. The molecule has 4 heteroatoms. The molecule has 10 aromatic rings. The van der Waals surface area contributed by atoms with E-state index in [-0.39, 0.29) is 10.8 Å². The number of hydrogen-bond donors (Lipinski definition) is 1. The first-order valence-electron chi connectivity index (χ1n) is 23.3. The molecule has 0 bridgehead atoms. The van der Waals surface area contributed by atoms with Gasteiger partial charge < -0.3 is 14.6 Å². The Bertz CT molecular complexity index is 3690. The first-order valence-corrected chi connectivity index (χ1v) is 23.3. The van der Waals surface area contributed by atoms with Crippen molar-refractivity contribution in [1.82, 2.24) is 0 Å². The fourth-order valence-corrected chi connectivity index (χ4v) is 12.6. The highest BCUT2D eigenvalue weighted by Gasteiger charge is 2.53. The number of nitrogens with one attached hydrogen (secondary N) is 1. The molecule has 1 spiro atoms. The molecule has 2 aliphatic carbocycles. The zero-order valence-corrected chi connectivity index (χ0v) is 37.8. The van der Waals surface area contributed by atoms with Crippen LogP contribution in [0.15, 0.2) is 186 Å². The quantitative estimate of drug-likeness (QED) is 0.180. The van der Waals surface area contributed by atoms with Gasteiger partial charge in [0.05, 0.1) is 11.1 Å². The summed E-state index contributed by atoms with van der Waals surface area (Å²) >= 11 is 0. The summed E-state index contributed by atoms with van der Waals surface area (Å²) in [5.41, 5.74) is 25.7. The summed E-state index contributed by atoms with van der Waals surface area (Å²) in [6, 6.07) is 67.9. The second kappa shape index (κ2) is 13.0. The van der Waals surface area contributed by atoms with Crippen LogP contribution < -0.4 is 21.1 Å². The molecule has 66 heavy (non-hydrogen) atoms. The largest absolute Gasteiger partial charge is 0.455 e.